The zero-order valence-corrected chi connectivity index (χ0v) is 8.60. The number of pyridine rings is 1. The van der Waals surface area contributed by atoms with Crippen LogP contribution >= 0.6 is 12.4 Å². The summed E-state index contributed by atoms with van der Waals surface area (Å²) in [4.78, 5) is 4.37. The van der Waals surface area contributed by atoms with Crippen molar-refractivity contribution >= 4 is 12.4 Å². The number of nitrogens with zero attached hydrogens (tertiary/aromatic N) is 1. The van der Waals surface area contributed by atoms with E-state index in [2.05, 4.69) is 18.0 Å². The summed E-state index contributed by atoms with van der Waals surface area (Å²) in [5, 5.41) is 0. The van der Waals surface area contributed by atoms with Crippen LogP contribution in [0.25, 0.3) is 0 Å². The molecule has 0 saturated carbocycles. The van der Waals surface area contributed by atoms with Crippen LogP contribution in [-0.2, 0) is 6.42 Å². The number of aryl methyl sites for hydroxylation is 2. The molecule has 1 aliphatic carbocycles. The minimum Gasteiger partial charge on any atom is -0.323 e. The molecule has 1 aliphatic rings. The van der Waals surface area contributed by atoms with Gasteiger partial charge in [0.15, 0.2) is 0 Å². The van der Waals surface area contributed by atoms with E-state index in [9.17, 15) is 0 Å². The third-order valence-corrected chi connectivity index (χ3v) is 2.45. The maximum Gasteiger partial charge on any atom is 0.0603 e. The second-order valence-electron chi connectivity index (χ2n) is 3.56. The van der Waals surface area contributed by atoms with Gasteiger partial charge in [-0.1, -0.05) is 6.07 Å². The van der Waals surface area contributed by atoms with Gasteiger partial charge in [-0.3, -0.25) is 4.98 Å². The number of nitrogens with two attached hydrogens (primary N) is 1. The van der Waals surface area contributed by atoms with Gasteiger partial charge in [0, 0.05) is 12.2 Å². The highest BCUT2D eigenvalue weighted by Gasteiger charge is 2.17. The third kappa shape index (κ3) is 2.01. The SMILES string of the molecule is Cc1cnc2c(c1)CCCC2N.Cl. The Morgan fingerprint density at radius 2 is 2.31 bits per heavy atom. The molecular weight excluding hydrogens is 184 g/mol. The molecule has 1 unspecified atom stereocenters. The monoisotopic (exact) mass is 198 g/mol. The molecule has 2 rings (SSSR count). The van der Waals surface area contributed by atoms with E-state index in [1.807, 2.05) is 6.20 Å². The average molecular weight is 199 g/mol. The van der Waals surface area contributed by atoms with Crippen LogP contribution in [0.5, 0.6) is 0 Å². The lowest BCUT2D eigenvalue weighted by atomic mass is 9.92. The number of fused-ring (bicyclic) bond motifs is 1. The first-order valence-corrected chi connectivity index (χ1v) is 4.48. The Bertz CT molecular complexity index is 299. The number of rotatable bonds is 0. The van der Waals surface area contributed by atoms with Gasteiger partial charge >= 0.3 is 0 Å². The second-order valence-corrected chi connectivity index (χ2v) is 3.56. The molecule has 0 aromatic carbocycles. The average Bonchev–Trinajstić information content (AvgIpc) is 2.04. The van der Waals surface area contributed by atoms with Crippen LogP contribution < -0.4 is 5.73 Å². The van der Waals surface area contributed by atoms with Crippen LogP contribution in [0.1, 0.15) is 35.7 Å². The number of halogens is 1. The zero-order chi connectivity index (χ0) is 8.55. The van der Waals surface area contributed by atoms with Crippen LogP contribution in [-0.4, -0.2) is 4.98 Å². The summed E-state index contributed by atoms with van der Waals surface area (Å²) in [5.74, 6) is 0. The molecule has 72 valence electrons. The molecule has 0 amide bonds. The van der Waals surface area contributed by atoms with Gasteiger partial charge in [0.2, 0.25) is 0 Å². The Labute approximate surface area is 85.0 Å². The molecule has 1 aromatic rings. The quantitative estimate of drug-likeness (QED) is 0.694. The predicted octanol–water partition coefficient (Wildman–Crippen LogP) is 2.15. The molecule has 2 N–H and O–H groups in total. The summed E-state index contributed by atoms with van der Waals surface area (Å²) in [7, 11) is 0. The lowest BCUT2D eigenvalue weighted by Crippen LogP contribution is -2.19. The molecule has 0 saturated heterocycles. The first kappa shape index (κ1) is 10.5. The fourth-order valence-corrected chi connectivity index (χ4v) is 1.82. The summed E-state index contributed by atoms with van der Waals surface area (Å²) in [6.07, 6.45) is 5.35. The number of aromatic nitrogens is 1. The highest BCUT2D eigenvalue weighted by atomic mass is 35.5. The summed E-state index contributed by atoms with van der Waals surface area (Å²) >= 11 is 0. The normalized spacial score (nSPS) is 20.3. The standard InChI is InChI=1S/C10H14N2.ClH/c1-7-5-8-3-2-4-9(11)10(8)12-6-7;/h5-6,9H,2-4,11H2,1H3;1H. The number of hydrogen-bond donors (Lipinski definition) is 1. The molecule has 1 aromatic heterocycles. The molecule has 0 fully saturated rings. The summed E-state index contributed by atoms with van der Waals surface area (Å²) in [6.45, 7) is 2.08. The Kier molecular flexibility index (Phi) is 3.28. The van der Waals surface area contributed by atoms with Crippen molar-refractivity contribution in [3.8, 4) is 0 Å². The van der Waals surface area contributed by atoms with Crippen molar-refractivity contribution < 1.29 is 0 Å². The second kappa shape index (κ2) is 4.07. The molecule has 0 aliphatic heterocycles. The lowest BCUT2D eigenvalue weighted by Gasteiger charge is -2.20. The maximum atomic E-state index is 5.93. The fraction of sp³-hybridized carbons (Fsp3) is 0.500. The van der Waals surface area contributed by atoms with E-state index in [4.69, 9.17) is 5.73 Å². The Morgan fingerprint density at radius 3 is 3.08 bits per heavy atom. The Morgan fingerprint density at radius 1 is 1.54 bits per heavy atom. The largest absolute Gasteiger partial charge is 0.323 e. The molecule has 0 spiro atoms. The molecule has 2 nitrogen and oxygen atoms in total. The van der Waals surface area contributed by atoms with Gasteiger partial charge < -0.3 is 5.73 Å². The summed E-state index contributed by atoms with van der Waals surface area (Å²) in [5.41, 5.74) is 9.65. The minimum absolute atomic E-state index is 0. The molecule has 1 heterocycles. The van der Waals surface area contributed by atoms with E-state index in [1.54, 1.807) is 0 Å². The van der Waals surface area contributed by atoms with E-state index in [-0.39, 0.29) is 18.4 Å². The molecule has 13 heavy (non-hydrogen) atoms. The van der Waals surface area contributed by atoms with Gasteiger partial charge in [-0.05, 0) is 37.3 Å². The van der Waals surface area contributed by atoms with Gasteiger partial charge in [-0.2, -0.15) is 0 Å². The van der Waals surface area contributed by atoms with Crippen molar-refractivity contribution in [2.45, 2.75) is 32.2 Å². The molecule has 3 heteroatoms. The van der Waals surface area contributed by atoms with E-state index in [0.29, 0.717) is 0 Å². The van der Waals surface area contributed by atoms with Crippen LogP contribution in [0.4, 0.5) is 0 Å². The van der Waals surface area contributed by atoms with Crippen molar-refractivity contribution in [1.29, 1.82) is 0 Å². The van der Waals surface area contributed by atoms with Gasteiger partial charge in [-0.15, -0.1) is 12.4 Å². The van der Waals surface area contributed by atoms with Gasteiger partial charge in [0.05, 0.1) is 5.69 Å². The summed E-state index contributed by atoms with van der Waals surface area (Å²) in [6, 6.07) is 2.38. The van der Waals surface area contributed by atoms with Crippen molar-refractivity contribution in [3.05, 3.63) is 29.1 Å². The van der Waals surface area contributed by atoms with E-state index >= 15 is 0 Å². The van der Waals surface area contributed by atoms with Crippen LogP contribution in [0.3, 0.4) is 0 Å². The molecule has 1 atom stereocenters. The Balaban J connectivity index is 0.000000845. The van der Waals surface area contributed by atoms with Crippen molar-refractivity contribution in [1.82, 2.24) is 4.98 Å². The van der Waals surface area contributed by atoms with E-state index in [0.717, 1.165) is 18.5 Å². The highest BCUT2D eigenvalue weighted by Crippen LogP contribution is 2.26. The topological polar surface area (TPSA) is 38.9 Å². The van der Waals surface area contributed by atoms with Crippen molar-refractivity contribution in [2.75, 3.05) is 0 Å². The lowest BCUT2D eigenvalue weighted by molar-refractivity contribution is 0.553. The molecule has 0 bridgehead atoms. The van der Waals surface area contributed by atoms with E-state index < -0.39 is 0 Å². The third-order valence-electron chi connectivity index (χ3n) is 2.45. The molecule has 0 radical (unpaired) electrons. The van der Waals surface area contributed by atoms with Crippen LogP contribution in [0.15, 0.2) is 12.3 Å². The van der Waals surface area contributed by atoms with Crippen LogP contribution in [0, 0.1) is 6.92 Å². The first-order chi connectivity index (χ1) is 5.77. The first-order valence-electron chi connectivity index (χ1n) is 4.48. The zero-order valence-electron chi connectivity index (χ0n) is 7.79. The van der Waals surface area contributed by atoms with Gasteiger partial charge in [0.25, 0.3) is 0 Å². The fourth-order valence-electron chi connectivity index (χ4n) is 1.82. The summed E-state index contributed by atoms with van der Waals surface area (Å²) < 4.78 is 0. The molecular formula is C10H15ClN2. The van der Waals surface area contributed by atoms with Crippen molar-refractivity contribution in [3.63, 3.8) is 0 Å². The van der Waals surface area contributed by atoms with E-state index in [1.165, 1.54) is 17.5 Å². The smallest absolute Gasteiger partial charge is 0.0603 e. The number of hydrogen-bond acceptors (Lipinski definition) is 2. The van der Waals surface area contributed by atoms with Gasteiger partial charge in [-0.25, -0.2) is 0 Å². The predicted molar refractivity (Wildman–Crippen MR) is 56.1 cm³/mol. The minimum atomic E-state index is 0. The highest BCUT2D eigenvalue weighted by molar-refractivity contribution is 5.85. The van der Waals surface area contributed by atoms with Crippen LogP contribution in [0.2, 0.25) is 0 Å². The van der Waals surface area contributed by atoms with Crippen molar-refractivity contribution in [2.24, 2.45) is 5.73 Å². The Hall–Kier alpha value is -0.600. The maximum absolute atomic E-state index is 5.93. The van der Waals surface area contributed by atoms with Gasteiger partial charge in [0.1, 0.15) is 0 Å².